The predicted octanol–water partition coefficient (Wildman–Crippen LogP) is 3.27. The van der Waals surface area contributed by atoms with Crippen LogP contribution in [0, 0.1) is 0 Å². The number of carbonyl (C=O) groups is 1. The van der Waals surface area contributed by atoms with Crippen LogP contribution in [0.15, 0.2) is 48.5 Å². The molecule has 0 aromatic heterocycles. The van der Waals surface area contributed by atoms with Gasteiger partial charge < -0.3 is 20.1 Å². The molecule has 2 aromatic carbocycles. The molecule has 0 spiro atoms. The van der Waals surface area contributed by atoms with Crippen LogP contribution < -0.4 is 20.1 Å². The summed E-state index contributed by atoms with van der Waals surface area (Å²) in [4.78, 5) is 11.7. The Bertz CT molecular complexity index is 647. The number of urea groups is 1. The van der Waals surface area contributed by atoms with Gasteiger partial charge in [0.05, 0.1) is 13.7 Å². The highest BCUT2D eigenvalue weighted by atomic mass is 35.5. The van der Waals surface area contributed by atoms with Crippen LogP contribution in [0.1, 0.15) is 5.56 Å². The first-order valence-electron chi connectivity index (χ1n) is 7.70. The van der Waals surface area contributed by atoms with Gasteiger partial charge in [-0.1, -0.05) is 23.7 Å². The van der Waals surface area contributed by atoms with E-state index in [0.717, 1.165) is 23.5 Å². The second-order valence-electron chi connectivity index (χ2n) is 5.09. The number of halogens is 1. The maximum absolute atomic E-state index is 11.7. The Balaban J connectivity index is 1.57. The molecule has 128 valence electrons. The molecule has 6 heteroatoms. The Hall–Kier alpha value is -2.40. The summed E-state index contributed by atoms with van der Waals surface area (Å²) in [5.74, 6) is 1.51. The van der Waals surface area contributed by atoms with Gasteiger partial charge in [0.25, 0.3) is 0 Å². The molecule has 0 atom stereocenters. The highest BCUT2D eigenvalue weighted by molar-refractivity contribution is 6.30. The van der Waals surface area contributed by atoms with Crippen molar-refractivity contribution in [1.29, 1.82) is 0 Å². The zero-order chi connectivity index (χ0) is 17.2. The van der Waals surface area contributed by atoms with Crippen LogP contribution >= 0.6 is 11.6 Å². The summed E-state index contributed by atoms with van der Waals surface area (Å²) in [6.45, 7) is 1.37. The van der Waals surface area contributed by atoms with E-state index in [2.05, 4.69) is 10.6 Å². The van der Waals surface area contributed by atoms with E-state index in [1.54, 1.807) is 7.11 Å². The number of amides is 2. The van der Waals surface area contributed by atoms with Gasteiger partial charge in [-0.05, 0) is 48.4 Å². The third-order valence-corrected chi connectivity index (χ3v) is 3.54. The van der Waals surface area contributed by atoms with Crippen molar-refractivity contribution in [2.75, 3.05) is 26.8 Å². The maximum atomic E-state index is 11.7. The molecule has 2 rings (SSSR count). The number of carbonyl (C=O) groups excluding carboxylic acids is 1. The SMILES string of the molecule is COc1ccc(OCCNC(=O)NCCc2cccc(Cl)c2)cc1. The number of rotatable bonds is 8. The van der Waals surface area contributed by atoms with Crippen molar-refractivity contribution in [1.82, 2.24) is 10.6 Å². The lowest BCUT2D eigenvalue weighted by Gasteiger charge is -2.09. The molecule has 2 aromatic rings. The number of methoxy groups -OCH3 is 1. The standard InChI is InChI=1S/C18H21ClN2O3/c1-23-16-5-7-17(8-6-16)24-12-11-21-18(22)20-10-9-14-3-2-4-15(19)13-14/h2-8,13H,9-12H2,1H3,(H2,20,21,22). The molecule has 5 nitrogen and oxygen atoms in total. The van der Waals surface area contributed by atoms with Gasteiger partial charge >= 0.3 is 6.03 Å². The van der Waals surface area contributed by atoms with Crippen molar-refractivity contribution < 1.29 is 14.3 Å². The Morgan fingerprint density at radius 1 is 1.04 bits per heavy atom. The number of hydrogen-bond acceptors (Lipinski definition) is 3. The van der Waals surface area contributed by atoms with E-state index in [4.69, 9.17) is 21.1 Å². The normalized spacial score (nSPS) is 10.1. The second-order valence-corrected chi connectivity index (χ2v) is 5.52. The fourth-order valence-corrected chi connectivity index (χ4v) is 2.29. The van der Waals surface area contributed by atoms with E-state index in [0.29, 0.717) is 24.7 Å². The Morgan fingerprint density at radius 3 is 2.46 bits per heavy atom. The first-order valence-corrected chi connectivity index (χ1v) is 8.08. The van der Waals surface area contributed by atoms with Gasteiger partial charge in [-0.15, -0.1) is 0 Å². The van der Waals surface area contributed by atoms with Crippen LogP contribution in [0.2, 0.25) is 5.02 Å². The lowest BCUT2D eigenvalue weighted by Crippen LogP contribution is -2.38. The molecule has 0 aliphatic heterocycles. The highest BCUT2D eigenvalue weighted by Gasteiger charge is 2.01. The van der Waals surface area contributed by atoms with Crippen molar-refractivity contribution in [2.45, 2.75) is 6.42 Å². The first kappa shape index (κ1) is 17.9. The van der Waals surface area contributed by atoms with Gasteiger partial charge in [-0.3, -0.25) is 0 Å². The summed E-state index contributed by atoms with van der Waals surface area (Å²) in [7, 11) is 1.62. The largest absolute Gasteiger partial charge is 0.497 e. The lowest BCUT2D eigenvalue weighted by atomic mass is 10.1. The van der Waals surface area contributed by atoms with E-state index in [1.807, 2.05) is 48.5 Å². The molecule has 0 heterocycles. The molecular formula is C18H21ClN2O3. The van der Waals surface area contributed by atoms with Gasteiger partial charge in [0.15, 0.2) is 0 Å². The predicted molar refractivity (Wildman–Crippen MR) is 95.0 cm³/mol. The summed E-state index contributed by atoms with van der Waals surface area (Å²) < 4.78 is 10.6. The lowest BCUT2D eigenvalue weighted by molar-refractivity contribution is 0.236. The average molecular weight is 349 g/mol. The molecule has 0 aliphatic carbocycles. The van der Waals surface area contributed by atoms with Gasteiger partial charge in [0.1, 0.15) is 18.1 Å². The third-order valence-electron chi connectivity index (χ3n) is 3.30. The van der Waals surface area contributed by atoms with Gasteiger partial charge in [0, 0.05) is 11.6 Å². The first-order chi connectivity index (χ1) is 11.7. The van der Waals surface area contributed by atoms with Gasteiger partial charge in [-0.25, -0.2) is 4.79 Å². The fourth-order valence-electron chi connectivity index (χ4n) is 2.08. The summed E-state index contributed by atoms with van der Waals surface area (Å²) in [6, 6.07) is 14.7. The van der Waals surface area contributed by atoms with E-state index < -0.39 is 0 Å². The zero-order valence-corrected chi connectivity index (χ0v) is 14.3. The number of nitrogens with one attached hydrogen (secondary N) is 2. The quantitative estimate of drug-likeness (QED) is 0.720. The van der Waals surface area contributed by atoms with Crippen LogP contribution in [0.25, 0.3) is 0 Å². The minimum absolute atomic E-state index is 0.213. The molecule has 0 saturated carbocycles. The monoisotopic (exact) mass is 348 g/mol. The second kappa shape index (κ2) is 9.67. The van der Waals surface area contributed by atoms with Crippen LogP contribution in [-0.4, -0.2) is 32.8 Å². The van der Waals surface area contributed by atoms with Crippen molar-refractivity contribution >= 4 is 17.6 Å². The molecule has 0 unspecified atom stereocenters. The molecule has 2 N–H and O–H groups in total. The van der Waals surface area contributed by atoms with Crippen molar-refractivity contribution in [3.8, 4) is 11.5 Å². The fraction of sp³-hybridized carbons (Fsp3) is 0.278. The summed E-state index contributed by atoms with van der Waals surface area (Å²) in [6.07, 6.45) is 0.732. The minimum atomic E-state index is -0.213. The van der Waals surface area contributed by atoms with E-state index in [9.17, 15) is 4.79 Å². The maximum Gasteiger partial charge on any atom is 0.314 e. The van der Waals surface area contributed by atoms with E-state index in [-0.39, 0.29) is 6.03 Å². The smallest absolute Gasteiger partial charge is 0.314 e. The number of hydrogen-bond donors (Lipinski definition) is 2. The van der Waals surface area contributed by atoms with E-state index in [1.165, 1.54) is 0 Å². The summed E-state index contributed by atoms with van der Waals surface area (Å²) in [5.41, 5.74) is 1.09. The van der Waals surface area contributed by atoms with Crippen molar-refractivity contribution in [3.63, 3.8) is 0 Å². The molecule has 2 amide bonds. The zero-order valence-electron chi connectivity index (χ0n) is 13.5. The van der Waals surface area contributed by atoms with Crippen LogP contribution in [0.5, 0.6) is 11.5 Å². The number of benzene rings is 2. The molecule has 24 heavy (non-hydrogen) atoms. The Morgan fingerprint density at radius 2 is 1.75 bits per heavy atom. The summed E-state index contributed by atoms with van der Waals surface area (Å²) >= 11 is 5.92. The highest BCUT2D eigenvalue weighted by Crippen LogP contribution is 2.16. The topological polar surface area (TPSA) is 59.6 Å². The molecule has 0 fully saturated rings. The van der Waals surface area contributed by atoms with Crippen LogP contribution in [0.4, 0.5) is 4.79 Å². The molecule has 0 bridgehead atoms. The molecule has 0 radical (unpaired) electrons. The van der Waals surface area contributed by atoms with Crippen molar-refractivity contribution in [3.05, 3.63) is 59.1 Å². The number of ether oxygens (including phenoxy) is 2. The Kier molecular flexibility index (Phi) is 7.23. The van der Waals surface area contributed by atoms with E-state index >= 15 is 0 Å². The summed E-state index contributed by atoms with van der Waals surface area (Å²) in [5, 5.41) is 6.25. The van der Waals surface area contributed by atoms with Crippen molar-refractivity contribution in [2.24, 2.45) is 0 Å². The minimum Gasteiger partial charge on any atom is -0.497 e. The van der Waals surface area contributed by atoms with Gasteiger partial charge in [0.2, 0.25) is 0 Å². The third kappa shape index (κ3) is 6.38. The average Bonchev–Trinajstić information content (AvgIpc) is 2.59. The molecular weight excluding hydrogens is 328 g/mol. The van der Waals surface area contributed by atoms with Crippen LogP contribution in [0.3, 0.4) is 0 Å². The van der Waals surface area contributed by atoms with Gasteiger partial charge in [-0.2, -0.15) is 0 Å². The molecule has 0 aliphatic rings. The van der Waals surface area contributed by atoms with Crippen LogP contribution in [-0.2, 0) is 6.42 Å². The Labute approximate surface area is 146 Å². The molecule has 0 saturated heterocycles.